The molecule has 0 bridgehead atoms. The average molecular weight is 276 g/mol. The second-order valence-corrected chi connectivity index (χ2v) is 5.65. The number of nitrogens with one attached hydrogen (secondary N) is 1. The lowest BCUT2D eigenvalue weighted by Crippen LogP contribution is -2.38. The van der Waals surface area contributed by atoms with E-state index in [9.17, 15) is 12.8 Å². The van der Waals surface area contributed by atoms with E-state index in [1.165, 1.54) is 26.2 Å². The molecule has 0 aliphatic carbocycles. The largest absolute Gasteiger partial charge is 0.494 e. The molecule has 1 aromatic rings. The summed E-state index contributed by atoms with van der Waals surface area (Å²) in [4.78, 5) is -0.110. The van der Waals surface area contributed by atoms with Gasteiger partial charge in [-0.25, -0.2) is 17.5 Å². The lowest BCUT2D eigenvalue weighted by Gasteiger charge is -2.14. The van der Waals surface area contributed by atoms with Crippen LogP contribution < -0.4 is 15.2 Å². The van der Waals surface area contributed by atoms with Gasteiger partial charge >= 0.3 is 0 Å². The molecule has 102 valence electrons. The van der Waals surface area contributed by atoms with Crippen molar-refractivity contribution in [2.24, 2.45) is 5.73 Å². The van der Waals surface area contributed by atoms with Crippen LogP contribution in [0.3, 0.4) is 0 Å². The molecule has 0 aromatic heterocycles. The van der Waals surface area contributed by atoms with E-state index in [0.29, 0.717) is 0 Å². The average Bonchev–Trinajstić information content (AvgIpc) is 2.31. The van der Waals surface area contributed by atoms with E-state index >= 15 is 0 Å². The Morgan fingerprint density at radius 2 is 2.11 bits per heavy atom. The molecular weight excluding hydrogens is 259 g/mol. The molecule has 0 amide bonds. The highest BCUT2D eigenvalue weighted by Crippen LogP contribution is 2.25. The molecule has 7 heteroatoms. The van der Waals surface area contributed by atoms with Crippen LogP contribution in [0.4, 0.5) is 4.39 Å². The van der Waals surface area contributed by atoms with Crippen LogP contribution in [-0.4, -0.2) is 28.1 Å². The number of hydrogen-bond donors (Lipinski definition) is 2. The van der Waals surface area contributed by atoms with Crippen molar-refractivity contribution in [3.63, 3.8) is 0 Å². The summed E-state index contributed by atoms with van der Waals surface area (Å²) in [6.45, 7) is 3.18. The zero-order valence-electron chi connectivity index (χ0n) is 10.5. The first-order valence-electron chi connectivity index (χ1n) is 5.39. The maximum absolute atomic E-state index is 13.8. The minimum absolute atomic E-state index is 0.0123. The summed E-state index contributed by atoms with van der Waals surface area (Å²) >= 11 is 0. The fourth-order valence-electron chi connectivity index (χ4n) is 1.47. The fourth-order valence-corrected chi connectivity index (χ4v) is 2.96. The zero-order chi connectivity index (χ0) is 13.9. The van der Waals surface area contributed by atoms with Crippen molar-refractivity contribution >= 4 is 10.0 Å². The molecule has 0 heterocycles. The van der Waals surface area contributed by atoms with Crippen molar-refractivity contribution in [3.05, 3.63) is 23.5 Å². The van der Waals surface area contributed by atoms with Crippen molar-refractivity contribution < 1.29 is 17.5 Å². The number of hydrogen-bond acceptors (Lipinski definition) is 4. The predicted octanol–water partition coefficient (Wildman–Crippen LogP) is 0.768. The van der Waals surface area contributed by atoms with Gasteiger partial charge in [-0.05, 0) is 26.0 Å². The van der Waals surface area contributed by atoms with Crippen LogP contribution in [-0.2, 0) is 10.0 Å². The molecule has 1 aromatic carbocycles. The molecule has 1 rings (SSSR count). The molecule has 0 unspecified atom stereocenters. The van der Waals surface area contributed by atoms with Gasteiger partial charge in [0.2, 0.25) is 10.0 Å². The van der Waals surface area contributed by atoms with Gasteiger partial charge in [0.05, 0.1) is 12.0 Å². The van der Waals surface area contributed by atoms with E-state index in [1.54, 1.807) is 6.92 Å². The molecule has 0 spiro atoms. The lowest BCUT2D eigenvalue weighted by atomic mass is 10.2. The molecule has 1 atom stereocenters. The summed E-state index contributed by atoms with van der Waals surface area (Å²) in [5.74, 6) is -0.668. The minimum atomic E-state index is -3.78. The molecule has 5 nitrogen and oxygen atoms in total. The number of sulfonamides is 1. The van der Waals surface area contributed by atoms with Gasteiger partial charge in [0.15, 0.2) is 11.6 Å². The summed E-state index contributed by atoms with van der Waals surface area (Å²) in [6, 6.07) is 2.17. The summed E-state index contributed by atoms with van der Waals surface area (Å²) in [5.41, 5.74) is 5.37. The third-order valence-corrected chi connectivity index (χ3v) is 4.25. The standard InChI is InChI=1S/C11H17FN2O3S/c1-7(6-13)14-18(15,16)10-5-4-9(17-3)11(12)8(10)2/h4-5,7,14H,6,13H2,1-3H3/t7-/m0/s1. The number of benzene rings is 1. The highest BCUT2D eigenvalue weighted by atomic mass is 32.2. The molecule has 0 saturated heterocycles. The first-order valence-corrected chi connectivity index (χ1v) is 6.87. The Kier molecular flexibility index (Phi) is 4.66. The van der Waals surface area contributed by atoms with Gasteiger partial charge in [-0.1, -0.05) is 0 Å². The number of ether oxygens (including phenoxy) is 1. The van der Waals surface area contributed by atoms with E-state index in [-0.39, 0.29) is 22.8 Å². The fraction of sp³-hybridized carbons (Fsp3) is 0.455. The Labute approximate surface area is 106 Å². The number of nitrogens with two attached hydrogens (primary N) is 1. The maximum atomic E-state index is 13.8. The van der Waals surface area contributed by atoms with E-state index in [1.807, 2.05) is 0 Å². The molecule has 0 aliphatic rings. The first kappa shape index (κ1) is 14.9. The van der Waals surface area contributed by atoms with E-state index in [2.05, 4.69) is 4.72 Å². The number of halogens is 1. The second kappa shape index (κ2) is 5.64. The van der Waals surface area contributed by atoms with E-state index in [0.717, 1.165) is 0 Å². The quantitative estimate of drug-likeness (QED) is 0.832. The van der Waals surface area contributed by atoms with Crippen LogP contribution in [0.25, 0.3) is 0 Å². The molecule has 0 aliphatic heterocycles. The monoisotopic (exact) mass is 276 g/mol. The van der Waals surface area contributed by atoms with E-state index < -0.39 is 21.9 Å². The Bertz CT molecular complexity index is 531. The van der Waals surface area contributed by atoms with Gasteiger partial charge in [0, 0.05) is 18.2 Å². The Hall–Kier alpha value is -1.18. The molecule has 0 fully saturated rings. The predicted molar refractivity (Wildman–Crippen MR) is 66.5 cm³/mol. The minimum Gasteiger partial charge on any atom is -0.494 e. The van der Waals surface area contributed by atoms with Crippen molar-refractivity contribution in [2.45, 2.75) is 24.8 Å². The molecule has 0 radical (unpaired) electrons. The van der Waals surface area contributed by atoms with Crippen LogP contribution in [0, 0.1) is 12.7 Å². The van der Waals surface area contributed by atoms with Gasteiger partial charge < -0.3 is 10.5 Å². The molecule has 3 N–H and O–H groups in total. The van der Waals surface area contributed by atoms with Crippen LogP contribution in [0.1, 0.15) is 12.5 Å². The zero-order valence-corrected chi connectivity index (χ0v) is 11.3. The Morgan fingerprint density at radius 3 is 2.61 bits per heavy atom. The molecule has 0 saturated carbocycles. The third kappa shape index (κ3) is 2.98. The summed E-state index contributed by atoms with van der Waals surface area (Å²) in [5, 5.41) is 0. The van der Waals surface area contributed by atoms with Crippen LogP contribution >= 0.6 is 0 Å². The first-order chi connectivity index (χ1) is 8.33. The van der Waals surface area contributed by atoms with Crippen molar-refractivity contribution in [3.8, 4) is 5.75 Å². The maximum Gasteiger partial charge on any atom is 0.241 e. The summed E-state index contributed by atoms with van der Waals surface area (Å²) in [7, 11) is -2.46. The lowest BCUT2D eigenvalue weighted by molar-refractivity contribution is 0.384. The molecular formula is C11H17FN2O3S. The van der Waals surface area contributed by atoms with Crippen LogP contribution in [0.15, 0.2) is 17.0 Å². The van der Waals surface area contributed by atoms with Crippen molar-refractivity contribution in [1.82, 2.24) is 4.72 Å². The van der Waals surface area contributed by atoms with Crippen LogP contribution in [0.5, 0.6) is 5.75 Å². The SMILES string of the molecule is COc1ccc(S(=O)(=O)N[C@@H](C)CN)c(C)c1F. The highest BCUT2D eigenvalue weighted by Gasteiger charge is 2.22. The summed E-state index contributed by atoms with van der Waals surface area (Å²) < 4.78 is 44.9. The molecule has 18 heavy (non-hydrogen) atoms. The smallest absolute Gasteiger partial charge is 0.241 e. The van der Waals surface area contributed by atoms with Gasteiger partial charge in [-0.15, -0.1) is 0 Å². The third-order valence-electron chi connectivity index (χ3n) is 2.52. The van der Waals surface area contributed by atoms with Crippen molar-refractivity contribution in [1.29, 1.82) is 0 Å². The normalized spacial score (nSPS) is 13.4. The van der Waals surface area contributed by atoms with Gasteiger partial charge in [-0.2, -0.15) is 0 Å². The van der Waals surface area contributed by atoms with Gasteiger partial charge in [0.1, 0.15) is 0 Å². The van der Waals surface area contributed by atoms with Crippen molar-refractivity contribution in [2.75, 3.05) is 13.7 Å². The highest BCUT2D eigenvalue weighted by molar-refractivity contribution is 7.89. The summed E-state index contributed by atoms with van der Waals surface area (Å²) in [6.07, 6.45) is 0. The number of methoxy groups -OCH3 is 1. The van der Waals surface area contributed by atoms with Gasteiger partial charge in [-0.3, -0.25) is 0 Å². The Balaban J connectivity index is 3.22. The second-order valence-electron chi connectivity index (χ2n) is 3.96. The van der Waals surface area contributed by atoms with Crippen LogP contribution in [0.2, 0.25) is 0 Å². The van der Waals surface area contributed by atoms with E-state index in [4.69, 9.17) is 10.5 Å². The number of rotatable bonds is 5. The Morgan fingerprint density at radius 1 is 1.50 bits per heavy atom. The van der Waals surface area contributed by atoms with Gasteiger partial charge in [0.25, 0.3) is 0 Å². The topological polar surface area (TPSA) is 81.4 Å².